The molecule has 2 nitrogen and oxygen atoms in total. The number of aromatic nitrogens is 2. The minimum absolute atomic E-state index is 0.259. The van der Waals surface area contributed by atoms with E-state index in [4.69, 9.17) is 12.2 Å². The number of nitrogens with zero attached hydrogens (tertiary/aromatic N) is 1. The number of hydrogen-bond donors (Lipinski definition) is 1. The van der Waals surface area contributed by atoms with Gasteiger partial charge in [-0.05, 0) is 35.8 Å². The van der Waals surface area contributed by atoms with Gasteiger partial charge in [-0.25, -0.2) is 4.39 Å². The molecule has 0 atom stereocenters. The van der Waals surface area contributed by atoms with E-state index in [1.54, 1.807) is 17.4 Å². The van der Waals surface area contributed by atoms with Gasteiger partial charge >= 0.3 is 0 Å². The van der Waals surface area contributed by atoms with Gasteiger partial charge in [0, 0.05) is 11.4 Å². The molecule has 0 saturated heterocycles. The molecule has 80 valence electrons. The molecule has 0 spiro atoms. The zero-order valence-electron chi connectivity index (χ0n) is 8.11. The van der Waals surface area contributed by atoms with Gasteiger partial charge in [0.15, 0.2) is 4.77 Å². The Morgan fingerprint density at radius 1 is 1.31 bits per heavy atom. The molecular formula is C11H7FN2S2. The molecule has 0 aliphatic carbocycles. The predicted molar refractivity (Wildman–Crippen MR) is 66.3 cm³/mol. The minimum Gasteiger partial charge on any atom is -0.330 e. The van der Waals surface area contributed by atoms with Crippen LogP contribution in [0, 0.1) is 10.6 Å². The van der Waals surface area contributed by atoms with E-state index < -0.39 is 0 Å². The van der Waals surface area contributed by atoms with Crippen LogP contribution in [0.3, 0.4) is 0 Å². The fourth-order valence-electron chi connectivity index (χ4n) is 1.72. The SMILES string of the molecule is Fc1ccc2[nH]c(=S)n(-c3ccsc3)c2c1. The fourth-order valence-corrected chi connectivity index (χ4v) is 2.65. The van der Waals surface area contributed by atoms with Gasteiger partial charge in [-0.15, -0.1) is 0 Å². The summed E-state index contributed by atoms with van der Waals surface area (Å²) >= 11 is 6.82. The molecule has 2 aromatic heterocycles. The standard InChI is InChI=1S/C11H7FN2S2/c12-7-1-2-9-10(5-7)14(11(15)13-9)8-3-4-16-6-8/h1-6H,(H,13,15). The summed E-state index contributed by atoms with van der Waals surface area (Å²) in [5.41, 5.74) is 2.58. The minimum atomic E-state index is -0.259. The van der Waals surface area contributed by atoms with Crippen molar-refractivity contribution in [3.05, 3.63) is 45.6 Å². The molecule has 0 aliphatic heterocycles. The summed E-state index contributed by atoms with van der Waals surface area (Å²) in [6.45, 7) is 0. The predicted octanol–water partition coefficient (Wildman–Crippen LogP) is 3.89. The number of halogens is 1. The van der Waals surface area contributed by atoms with Gasteiger partial charge in [0.25, 0.3) is 0 Å². The van der Waals surface area contributed by atoms with E-state index in [9.17, 15) is 4.39 Å². The van der Waals surface area contributed by atoms with E-state index in [1.165, 1.54) is 12.1 Å². The van der Waals surface area contributed by atoms with Gasteiger partial charge < -0.3 is 4.98 Å². The molecular weight excluding hydrogens is 243 g/mol. The van der Waals surface area contributed by atoms with Crippen molar-refractivity contribution in [3.8, 4) is 5.69 Å². The largest absolute Gasteiger partial charge is 0.330 e. The first kappa shape index (κ1) is 9.74. The van der Waals surface area contributed by atoms with E-state index >= 15 is 0 Å². The van der Waals surface area contributed by atoms with Crippen LogP contribution in [-0.2, 0) is 0 Å². The lowest BCUT2D eigenvalue weighted by Crippen LogP contribution is -1.91. The fraction of sp³-hybridized carbons (Fsp3) is 0. The Labute approximate surface area is 100.0 Å². The Bertz CT molecular complexity index is 694. The van der Waals surface area contributed by atoms with Gasteiger partial charge in [-0.3, -0.25) is 4.57 Å². The van der Waals surface area contributed by atoms with Crippen molar-refractivity contribution < 1.29 is 4.39 Å². The van der Waals surface area contributed by atoms with Crippen LogP contribution in [0.4, 0.5) is 4.39 Å². The summed E-state index contributed by atoms with van der Waals surface area (Å²) in [7, 11) is 0. The van der Waals surface area contributed by atoms with Crippen molar-refractivity contribution in [2.75, 3.05) is 0 Å². The second kappa shape index (κ2) is 3.54. The molecule has 3 aromatic rings. The van der Waals surface area contributed by atoms with Gasteiger partial charge in [0.2, 0.25) is 0 Å². The number of fused-ring (bicyclic) bond motifs is 1. The third-order valence-corrected chi connectivity index (χ3v) is 3.37. The van der Waals surface area contributed by atoms with Crippen molar-refractivity contribution in [1.82, 2.24) is 9.55 Å². The number of rotatable bonds is 1. The second-order valence-corrected chi connectivity index (χ2v) is 4.58. The molecule has 0 radical (unpaired) electrons. The number of H-pyrrole nitrogens is 1. The second-order valence-electron chi connectivity index (χ2n) is 3.41. The number of thiophene rings is 1. The molecule has 16 heavy (non-hydrogen) atoms. The molecule has 3 rings (SSSR count). The molecule has 5 heteroatoms. The van der Waals surface area contributed by atoms with Crippen LogP contribution in [-0.4, -0.2) is 9.55 Å². The van der Waals surface area contributed by atoms with Crippen LogP contribution >= 0.6 is 23.6 Å². The lowest BCUT2D eigenvalue weighted by Gasteiger charge is -2.00. The monoisotopic (exact) mass is 250 g/mol. The molecule has 1 N–H and O–H groups in total. The average molecular weight is 250 g/mol. The topological polar surface area (TPSA) is 20.7 Å². The van der Waals surface area contributed by atoms with Crippen LogP contribution in [0.1, 0.15) is 0 Å². The van der Waals surface area contributed by atoms with E-state index in [0.717, 1.165) is 16.7 Å². The highest BCUT2D eigenvalue weighted by Gasteiger charge is 2.07. The molecule has 1 aromatic carbocycles. The number of benzene rings is 1. The maximum Gasteiger partial charge on any atom is 0.182 e. The van der Waals surface area contributed by atoms with Crippen molar-refractivity contribution >= 4 is 34.6 Å². The average Bonchev–Trinajstić information content (AvgIpc) is 2.83. The van der Waals surface area contributed by atoms with Crippen LogP contribution in [0.2, 0.25) is 0 Å². The third-order valence-electron chi connectivity index (χ3n) is 2.41. The zero-order valence-corrected chi connectivity index (χ0v) is 9.74. The Morgan fingerprint density at radius 3 is 2.94 bits per heavy atom. The molecule has 0 amide bonds. The molecule has 0 unspecified atom stereocenters. The smallest absolute Gasteiger partial charge is 0.182 e. The van der Waals surface area contributed by atoms with E-state index in [2.05, 4.69) is 4.98 Å². The van der Waals surface area contributed by atoms with Crippen molar-refractivity contribution in [2.24, 2.45) is 0 Å². The van der Waals surface area contributed by atoms with Gasteiger partial charge in [-0.2, -0.15) is 11.3 Å². The summed E-state index contributed by atoms with van der Waals surface area (Å²) in [6, 6.07) is 6.56. The number of nitrogens with one attached hydrogen (secondary N) is 1. The number of hydrogen-bond acceptors (Lipinski definition) is 2. The van der Waals surface area contributed by atoms with Crippen molar-refractivity contribution in [1.29, 1.82) is 0 Å². The van der Waals surface area contributed by atoms with E-state index in [0.29, 0.717) is 4.77 Å². The Hall–Kier alpha value is -1.46. The van der Waals surface area contributed by atoms with Crippen LogP contribution in [0.25, 0.3) is 16.7 Å². The van der Waals surface area contributed by atoms with Crippen LogP contribution < -0.4 is 0 Å². The first-order valence-electron chi connectivity index (χ1n) is 4.68. The number of aromatic amines is 1. The summed E-state index contributed by atoms with van der Waals surface area (Å²) in [4.78, 5) is 3.06. The maximum absolute atomic E-state index is 13.2. The molecule has 0 fully saturated rings. The first-order valence-corrected chi connectivity index (χ1v) is 6.04. The molecule has 0 aliphatic rings. The van der Waals surface area contributed by atoms with Crippen molar-refractivity contribution in [2.45, 2.75) is 0 Å². The van der Waals surface area contributed by atoms with E-state index in [-0.39, 0.29) is 5.82 Å². The molecule has 0 saturated carbocycles. The summed E-state index contributed by atoms with van der Waals surface area (Å²) in [5, 5.41) is 3.95. The van der Waals surface area contributed by atoms with Crippen LogP contribution in [0.5, 0.6) is 0 Å². The Balaban J connectivity index is 2.43. The first-order chi connectivity index (χ1) is 7.75. The number of imidazole rings is 1. The van der Waals surface area contributed by atoms with Gasteiger partial charge in [-0.1, -0.05) is 0 Å². The highest BCUT2D eigenvalue weighted by Crippen LogP contribution is 2.21. The highest BCUT2D eigenvalue weighted by atomic mass is 32.1. The Kier molecular flexibility index (Phi) is 2.15. The Morgan fingerprint density at radius 2 is 2.19 bits per heavy atom. The molecule has 2 heterocycles. The maximum atomic E-state index is 13.2. The normalized spacial score (nSPS) is 11.1. The highest BCUT2D eigenvalue weighted by molar-refractivity contribution is 7.71. The summed E-state index contributed by atoms with van der Waals surface area (Å²) in [5.74, 6) is -0.259. The van der Waals surface area contributed by atoms with E-state index in [1.807, 2.05) is 21.4 Å². The third kappa shape index (κ3) is 1.40. The van der Waals surface area contributed by atoms with Crippen molar-refractivity contribution in [3.63, 3.8) is 0 Å². The van der Waals surface area contributed by atoms with Gasteiger partial charge in [0.1, 0.15) is 5.82 Å². The zero-order chi connectivity index (χ0) is 11.1. The summed E-state index contributed by atoms with van der Waals surface area (Å²) in [6.07, 6.45) is 0. The lowest BCUT2D eigenvalue weighted by atomic mass is 10.3. The quantitative estimate of drug-likeness (QED) is 0.650. The summed E-state index contributed by atoms with van der Waals surface area (Å²) < 4.78 is 15.6. The van der Waals surface area contributed by atoms with Gasteiger partial charge in [0.05, 0.1) is 16.7 Å². The lowest BCUT2D eigenvalue weighted by molar-refractivity contribution is 0.629. The van der Waals surface area contributed by atoms with Crippen LogP contribution in [0.15, 0.2) is 35.0 Å². The molecule has 0 bridgehead atoms.